The number of likely N-dealkylation sites (N-methyl/N-ethyl adjacent to an activating group) is 1. The van der Waals surface area contributed by atoms with E-state index in [0.29, 0.717) is 12.4 Å². The molecule has 1 atom stereocenters. The second-order valence-corrected chi connectivity index (χ2v) is 8.93. The maximum atomic E-state index is 13.9. The summed E-state index contributed by atoms with van der Waals surface area (Å²) in [6, 6.07) is 19.0. The summed E-state index contributed by atoms with van der Waals surface area (Å²) in [4.78, 5) is 18.1. The number of nitrogens with zero attached hydrogens (tertiary/aromatic N) is 2. The van der Waals surface area contributed by atoms with Gasteiger partial charge in [0.25, 0.3) is 0 Å². The fourth-order valence-corrected chi connectivity index (χ4v) is 5.09. The average Bonchev–Trinajstić information content (AvgIpc) is 3.33. The fourth-order valence-electron chi connectivity index (χ4n) is 5.09. The number of hydrogen-bond donors (Lipinski definition) is 1. The highest BCUT2D eigenvalue weighted by atomic mass is 19.1. The average molecular weight is 442 g/mol. The largest absolute Gasteiger partial charge is 0.488 e. The zero-order chi connectivity index (χ0) is 22.5. The van der Waals surface area contributed by atoms with Crippen molar-refractivity contribution in [2.75, 3.05) is 20.1 Å². The lowest BCUT2D eigenvalue weighted by Gasteiger charge is -2.13. The van der Waals surface area contributed by atoms with E-state index in [1.165, 1.54) is 12.1 Å². The van der Waals surface area contributed by atoms with Crippen LogP contribution in [0.3, 0.4) is 0 Å². The Hall–Kier alpha value is -3.64. The Labute approximate surface area is 190 Å². The molecule has 4 aromatic rings. The van der Waals surface area contributed by atoms with Crippen LogP contribution >= 0.6 is 0 Å². The third-order valence-electron chi connectivity index (χ3n) is 6.71. The Morgan fingerprint density at radius 3 is 2.82 bits per heavy atom. The molecule has 0 radical (unpaired) electrons. The van der Waals surface area contributed by atoms with E-state index in [2.05, 4.69) is 29.1 Å². The monoisotopic (exact) mass is 441 g/mol. The molecule has 6 rings (SSSR count). The Morgan fingerprint density at radius 1 is 1.09 bits per heavy atom. The van der Waals surface area contributed by atoms with Crippen LogP contribution in [0.1, 0.15) is 34.7 Å². The maximum Gasteiger partial charge on any atom is 0.326 e. The summed E-state index contributed by atoms with van der Waals surface area (Å²) in [6.45, 7) is 2.26. The van der Waals surface area contributed by atoms with Gasteiger partial charge in [-0.25, -0.2) is 9.18 Å². The highest BCUT2D eigenvalue weighted by molar-refractivity contribution is 5.95. The van der Waals surface area contributed by atoms with Crippen molar-refractivity contribution in [2.24, 2.45) is 0 Å². The number of ether oxygens (including phenoxy) is 1. The molecule has 1 saturated heterocycles. The first-order valence-electron chi connectivity index (χ1n) is 11.2. The number of H-pyrrole nitrogens is 1. The number of aromatic nitrogens is 2. The van der Waals surface area contributed by atoms with E-state index in [-0.39, 0.29) is 17.5 Å². The molecule has 0 bridgehead atoms. The van der Waals surface area contributed by atoms with Gasteiger partial charge in [0.2, 0.25) is 0 Å². The van der Waals surface area contributed by atoms with Gasteiger partial charge in [-0.05, 0) is 72.6 Å². The Kier molecular flexibility index (Phi) is 4.69. The van der Waals surface area contributed by atoms with Crippen LogP contribution in [0.25, 0.3) is 22.7 Å². The molecule has 6 heteroatoms. The van der Waals surface area contributed by atoms with Crippen LogP contribution in [-0.2, 0) is 6.61 Å². The van der Waals surface area contributed by atoms with Crippen LogP contribution in [0.2, 0.25) is 0 Å². The molecule has 0 amide bonds. The molecule has 0 aliphatic carbocycles. The first kappa shape index (κ1) is 20.0. The van der Waals surface area contributed by atoms with Gasteiger partial charge in [0, 0.05) is 18.2 Å². The molecule has 1 aromatic heterocycles. The van der Waals surface area contributed by atoms with Crippen molar-refractivity contribution in [3.05, 3.63) is 99.2 Å². The van der Waals surface area contributed by atoms with Crippen molar-refractivity contribution in [1.82, 2.24) is 14.5 Å². The van der Waals surface area contributed by atoms with Crippen LogP contribution in [0, 0.1) is 5.82 Å². The first-order valence-corrected chi connectivity index (χ1v) is 11.2. The molecule has 1 N–H and O–H groups in total. The number of benzene rings is 3. The van der Waals surface area contributed by atoms with E-state index in [1.807, 2.05) is 41.0 Å². The molecular formula is C27H24FN3O2. The summed E-state index contributed by atoms with van der Waals surface area (Å²) in [5.74, 6) is 0.209. The van der Waals surface area contributed by atoms with E-state index >= 15 is 0 Å². The molecule has 1 unspecified atom stereocenters. The van der Waals surface area contributed by atoms with Gasteiger partial charge in [-0.15, -0.1) is 0 Å². The van der Waals surface area contributed by atoms with Gasteiger partial charge in [-0.3, -0.25) is 4.57 Å². The summed E-state index contributed by atoms with van der Waals surface area (Å²) in [5, 5.41) is 0. The minimum Gasteiger partial charge on any atom is -0.488 e. The molecule has 1 fully saturated rings. The summed E-state index contributed by atoms with van der Waals surface area (Å²) >= 11 is 0. The van der Waals surface area contributed by atoms with Gasteiger partial charge in [-0.2, -0.15) is 0 Å². The Bertz CT molecular complexity index is 1470. The van der Waals surface area contributed by atoms with Crippen LogP contribution in [-0.4, -0.2) is 34.6 Å². The zero-order valence-corrected chi connectivity index (χ0v) is 18.3. The maximum absolute atomic E-state index is 13.9. The van der Waals surface area contributed by atoms with Crippen LogP contribution < -0.4 is 10.4 Å². The fraction of sp³-hybridized carbons (Fsp3) is 0.222. The minimum absolute atomic E-state index is 0.0656. The van der Waals surface area contributed by atoms with Gasteiger partial charge in [-0.1, -0.05) is 30.3 Å². The van der Waals surface area contributed by atoms with Crippen molar-refractivity contribution in [2.45, 2.75) is 19.1 Å². The normalized spacial score (nSPS) is 19.3. The lowest BCUT2D eigenvalue weighted by atomic mass is 9.92. The van der Waals surface area contributed by atoms with E-state index in [1.54, 1.807) is 6.07 Å². The van der Waals surface area contributed by atoms with E-state index in [9.17, 15) is 9.18 Å². The molecule has 0 spiro atoms. The predicted molar refractivity (Wildman–Crippen MR) is 128 cm³/mol. The lowest BCUT2D eigenvalue weighted by molar-refractivity contribution is 0.305. The smallest absolute Gasteiger partial charge is 0.326 e. The number of halogens is 1. The number of likely N-dealkylation sites (tertiary alicyclic amines) is 1. The Morgan fingerprint density at radius 2 is 1.97 bits per heavy atom. The van der Waals surface area contributed by atoms with E-state index < -0.39 is 0 Å². The Balaban J connectivity index is 1.49. The van der Waals surface area contributed by atoms with E-state index in [0.717, 1.165) is 58.4 Å². The molecular weight excluding hydrogens is 417 g/mol. The third kappa shape index (κ3) is 3.47. The van der Waals surface area contributed by atoms with Crippen LogP contribution in [0.15, 0.2) is 65.5 Å². The molecule has 166 valence electrons. The first-order chi connectivity index (χ1) is 16.1. The second kappa shape index (κ2) is 7.74. The van der Waals surface area contributed by atoms with Crippen molar-refractivity contribution in [3.63, 3.8) is 0 Å². The van der Waals surface area contributed by atoms with Gasteiger partial charge < -0.3 is 14.6 Å². The standard InChI is InChI=1S/C27H24FN3O2/c1-30-11-10-20(15-30)31-25-9-6-17(13-24(25)29-27(31)32)12-23-21-5-3-2-4-18(21)16-33-26-14-19(28)7-8-22(23)26/h2-9,12-14,20H,10-11,15-16H2,1H3,(H,29,32)/b23-12+. The molecule has 33 heavy (non-hydrogen) atoms. The van der Waals surface area contributed by atoms with Crippen molar-refractivity contribution in [3.8, 4) is 5.75 Å². The number of rotatable bonds is 2. The van der Waals surface area contributed by atoms with Gasteiger partial charge in [0.1, 0.15) is 18.2 Å². The highest BCUT2D eigenvalue weighted by Gasteiger charge is 2.24. The van der Waals surface area contributed by atoms with Crippen molar-refractivity contribution in [1.29, 1.82) is 0 Å². The van der Waals surface area contributed by atoms with Gasteiger partial charge in [0.15, 0.2) is 0 Å². The topological polar surface area (TPSA) is 50.3 Å². The molecule has 0 saturated carbocycles. The van der Waals surface area contributed by atoms with Crippen molar-refractivity contribution >= 4 is 22.7 Å². The minimum atomic E-state index is -0.322. The lowest BCUT2D eigenvalue weighted by Crippen LogP contribution is -2.24. The number of nitrogens with one attached hydrogen (secondary N) is 1. The SMILES string of the molecule is CN1CCC(n2c(=O)[nH]c3cc(/C=C4\c5ccccc5COc5cc(F)ccc54)ccc32)C1. The van der Waals surface area contributed by atoms with Gasteiger partial charge in [0.05, 0.1) is 17.1 Å². The number of hydrogen-bond acceptors (Lipinski definition) is 3. The highest BCUT2D eigenvalue weighted by Crippen LogP contribution is 2.38. The molecule has 2 aliphatic rings. The third-order valence-corrected chi connectivity index (χ3v) is 6.71. The quantitative estimate of drug-likeness (QED) is 0.485. The number of fused-ring (bicyclic) bond motifs is 3. The number of imidazole rings is 1. The summed E-state index contributed by atoms with van der Waals surface area (Å²) in [6.07, 6.45) is 3.06. The molecule has 3 aromatic carbocycles. The molecule has 2 aliphatic heterocycles. The van der Waals surface area contributed by atoms with Crippen LogP contribution in [0.4, 0.5) is 4.39 Å². The zero-order valence-electron chi connectivity index (χ0n) is 18.3. The summed E-state index contributed by atoms with van der Waals surface area (Å²) < 4.78 is 21.8. The molecule has 3 heterocycles. The summed E-state index contributed by atoms with van der Waals surface area (Å²) in [7, 11) is 2.09. The number of aromatic amines is 1. The summed E-state index contributed by atoms with van der Waals surface area (Å²) in [5.41, 5.74) is 6.56. The van der Waals surface area contributed by atoms with Crippen LogP contribution in [0.5, 0.6) is 5.75 Å². The second-order valence-electron chi connectivity index (χ2n) is 8.93. The molecule has 5 nitrogen and oxygen atoms in total. The van der Waals surface area contributed by atoms with Gasteiger partial charge >= 0.3 is 5.69 Å². The van der Waals surface area contributed by atoms with Crippen molar-refractivity contribution < 1.29 is 9.13 Å². The van der Waals surface area contributed by atoms with E-state index in [4.69, 9.17) is 4.74 Å². The predicted octanol–water partition coefficient (Wildman–Crippen LogP) is 4.83.